The minimum atomic E-state index is -0.973. The summed E-state index contributed by atoms with van der Waals surface area (Å²) in [5.41, 5.74) is 0. The topological polar surface area (TPSA) is 27.7 Å². The minimum Gasteiger partial charge on any atom is -1.00 e. The number of rotatable bonds is 25. The van der Waals surface area contributed by atoms with Crippen LogP contribution in [0.15, 0.2) is 0 Å². The molecule has 0 atom stereocenters. The number of ether oxygens (including phenoxy) is 3. The lowest BCUT2D eigenvalue weighted by Gasteiger charge is -2.48. The van der Waals surface area contributed by atoms with Gasteiger partial charge >= 0.3 is 6.10 Å². The molecule has 0 aromatic rings. The van der Waals surface area contributed by atoms with Gasteiger partial charge in [0.15, 0.2) is 0 Å². The van der Waals surface area contributed by atoms with Gasteiger partial charge in [0.25, 0.3) is 0 Å². The zero-order chi connectivity index (χ0) is 24.0. The highest BCUT2D eigenvalue weighted by Gasteiger charge is 2.53. The fourth-order valence-electron chi connectivity index (χ4n) is 5.13. The van der Waals surface area contributed by atoms with Crippen LogP contribution in [-0.4, -0.2) is 61.8 Å². The molecule has 0 N–H and O–H groups in total. The first kappa shape index (κ1) is 35.5. The highest BCUT2D eigenvalue weighted by molar-refractivity contribution is 6.08. The summed E-state index contributed by atoms with van der Waals surface area (Å²) in [4.78, 5) is 0. The van der Waals surface area contributed by atoms with E-state index in [4.69, 9.17) is 14.2 Å². The summed E-state index contributed by atoms with van der Waals surface area (Å²) in [7, 11) is 6.51. The second-order valence-electron chi connectivity index (χ2n) is 9.76. The molecular formula is C27H60ClNO3Si. The Morgan fingerprint density at radius 3 is 1.12 bits per heavy atom. The summed E-state index contributed by atoms with van der Waals surface area (Å²) in [6, 6.07) is 1.32. The molecule has 0 saturated carbocycles. The third kappa shape index (κ3) is 14.5. The van der Waals surface area contributed by atoms with E-state index in [1.54, 1.807) is 21.3 Å². The number of halogens is 1. The lowest BCUT2D eigenvalue weighted by Crippen LogP contribution is -3.00. The molecule has 0 spiro atoms. The lowest BCUT2D eigenvalue weighted by atomic mass is 10.1. The van der Waals surface area contributed by atoms with Crippen LogP contribution >= 0.6 is 0 Å². The van der Waals surface area contributed by atoms with Gasteiger partial charge in [-0.25, -0.2) is 4.48 Å². The third-order valence-corrected chi connectivity index (χ3v) is 7.88. The van der Waals surface area contributed by atoms with E-state index in [9.17, 15) is 0 Å². The normalized spacial score (nSPS) is 12.3. The molecule has 0 aliphatic rings. The molecular weight excluding hydrogens is 450 g/mol. The Morgan fingerprint density at radius 2 is 0.818 bits per heavy atom. The van der Waals surface area contributed by atoms with Crippen molar-refractivity contribution in [1.29, 1.82) is 0 Å². The first-order valence-corrected chi connectivity index (χ1v) is 15.5. The second-order valence-corrected chi connectivity index (χ2v) is 10.8. The van der Waals surface area contributed by atoms with Gasteiger partial charge in [0.2, 0.25) is 0 Å². The van der Waals surface area contributed by atoms with Crippen LogP contribution in [0.5, 0.6) is 0 Å². The van der Waals surface area contributed by atoms with E-state index in [0.717, 1.165) is 24.1 Å². The Kier molecular flexibility index (Phi) is 25.9. The van der Waals surface area contributed by atoms with Gasteiger partial charge in [-0.3, -0.25) is 14.2 Å². The molecule has 0 unspecified atom stereocenters. The van der Waals surface area contributed by atoms with Gasteiger partial charge in [-0.1, -0.05) is 96.9 Å². The Balaban J connectivity index is 0. The van der Waals surface area contributed by atoms with Gasteiger partial charge in [-0.2, -0.15) is 0 Å². The molecule has 0 bridgehead atoms. The van der Waals surface area contributed by atoms with Crippen LogP contribution in [0.25, 0.3) is 0 Å². The van der Waals surface area contributed by atoms with Crippen molar-refractivity contribution in [1.82, 2.24) is 0 Å². The van der Waals surface area contributed by atoms with Crippen molar-refractivity contribution >= 4 is 10.2 Å². The molecule has 0 aliphatic carbocycles. The highest BCUT2D eigenvalue weighted by atomic mass is 35.5. The number of hydrogen-bond donors (Lipinski definition) is 0. The zero-order valence-corrected chi connectivity index (χ0v) is 26.2. The fourth-order valence-corrected chi connectivity index (χ4v) is 5.45. The largest absolute Gasteiger partial charge is 1.00 e. The van der Waals surface area contributed by atoms with Crippen LogP contribution in [0.1, 0.15) is 123 Å². The van der Waals surface area contributed by atoms with E-state index in [1.165, 1.54) is 125 Å². The Labute approximate surface area is 217 Å². The van der Waals surface area contributed by atoms with Gasteiger partial charge in [0.05, 0.1) is 19.6 Å². The maximum Gasteiger partial charge on any atom is 0.448 e. The number of nitrogens with zero attached hydrogens (tertiary/aromatic N) is 1. The number of unbranched alkanes of at least 4 members (excludes halogenated alkanes) is 14. The van der Waals surface area contributed by atoms with Crippen molar-refractivity contribution in [2.45, 2.75) is 135 Å². The Bertz CT molecular complexity index is 369. The second kappa shape index (κ2) is 24.1. The maximum atomic E-state index is 5.98. The van der Waals surface area contributed by atoms with Gasteiger partial charge < -0.3 is 12.4 Å². The Hall–Kier alpha value is 0.347. The van der Waals surface area contributed by atoms with E-state index in [0.29, 0.717) is 0 Å². The van der Waals surface area contributed by atoms with E-state index >= 15 is 0 Å². The molecule has 202 valence electrons. The van der Waals surface area contributed by atoms with E-state index in [-0.39, 0.29) is 12.4 Å². The molecule has 6 heteroatoms. The summed E-state index contributed by atoms with van der Waals surface area (Å²) in [5.74, 6) is 0. The number of hydrogen-bond acceptors (Lipinski definition) is 3. The predicted octanol–water partition coefficient (Wildman–Crippen LogP) is 3.81. The van der Waals surface area contributed by atoms with Gasteiger partial charge in [-0.15, -0.1) is 0 Å². The van der Waals surface area contributed by atoms with Gasteiger partial charge in [0, 0.05) is 31.6 Å². The first-order valence-electron chi connectivity index (χ1n) is 14.1. The van der Waals surface area contributed by atoms with Crippen LogP contribution in [0.3, 0.4) is 0 Å². The van der Waals surface area contributed by atoms with E-state index in [1.807, 2.05) is 0 Å². The zero-order valence-electron chi connectivity index (χ0n) is 23.4. The van der Waals surface area contributed by atoms with Crippen LogP contribution in [0, 0.1) is 0 Å². The van der Waals surface area contributed by atoms with Crippen molar-refractivity contribution in [2.75, 3.05) is 41.0 Å². The average Bonchev–Trinajstić information content (AvgIpc) is 2.82. The summed E-state index contributed by atoms with van der Waals surface area (Å²) < 4.78 is 18.7. The summed E-state index contributed by atoms with van der Waals surface area (Å²) >= 11 is 0. The number of methoxy groups -OCH3 is 3. The molecule has 0 radical (unpaired) electrons. The molecule has 33 heavy (non-hydrogen) atoms. The molecule has 0 aliphatic heterocycles. The average molecular weight is 510 g/mol. The molecule has 4 nitrogen and oxygen atoms in total. The summed E-state index contributed by atoms with van der Waals surface area (Å²) in [5, 5.41) is 0. The van der Waals surface area contributed by atoms with Crippen LogP contribution in [-0.2, 0) is 14.2 Å². The molecule has 0 aromatic carbocycles. The van der Waals surface area contributed by atoms with Crippen LogP contribution in [0.2, 0.25) is 6.04 Å². The van der Waals surface area contributed by atoms with Crippen molar-refractivity contribution in [3.63, 3.8) is 0 Å². The van der Waals surface area contributed by atoms with Gasteiger partial charge in [0.1, 0.15) is 0 Å². The van der Waals surface area contributed by atoms with Gasteiger partial charge in [-0.05, 0) is 32.1 Å². The van der Waals surface area contributed by atoms with Crippen LogP contribution < -0.4 is 12.4 Å². The van der Waals surface area contributed by atoms with Crippen LogP contribution in [0.4, 0.5) is 0 Å². The number of quaternary nitrogens is 1. The quantitative estimate of drug-likeness (QED) is 0.0810. The summed E-state index contributed by atoms with van der Waals surface area (Å²) in [6.45, 7) is 7.84. The van der Waals surface area contributed by atoms with Crippen molar-refractivity contribution < 1.29 is 31.1 Å². The fraction of sp³-hybridized carbons (Fsp3) is 1.00. The predicted molar refractivity (Wildman–Crippen MR) is 143 cm³/mol. The third-order valence-electron chi connectivity index (χ3n) is 7.17. The monoisotopic (exact) mass is 509 g/mol. The molecule has 0 fully saturated rings. The lowest BCUT2D eigenvalue weighted by molar-refractivity contribution is -1.05. The smallest absolute Gasteiger partial charge is 0.448 e. The van der Waals surface area contributed by atoms with Crippen molar-refractivity contribution in [3.05, 3.63) is 0 Å². The Morgan fingerprint density at radius 1 is 0.515 bits per heavy atom. The maximum absolute atomic E-state index is 5.98. The standard InChI is InChI=1S/C27H60NO3Si.ClH/c1-6-8-10-12-14-16-18-20-23-28(25-22-26-32,27(29-3,30-4)31-5)24-21-19-17-15-13-11-9-7-2;/h6-26H2,1-5,32H3;1H/q+1;/p-1. The molecule has 0 aromatic heterocycles. The molecule has 0 heterocycles. The molecule has 0 amide bonds. The first-order chi connectivity index (χ1) is 15.6. The van der Waals surface area contributed by atoms with Crippen molar-refractivity contribution in [3.8, 4) is 0 Å². The molecule has 0 saturated heterocycles. The molecule has 0 rings (SSSR count). The minimum absolute atomic E-state index is 0. The van der Waals surface area contributed by atoms with Crippen molar-refractivity contribution in [2.24, 2.45) is 0 Å². The van der Waals surface area contributed by atoms with E-state index in [2.05, 4.69) is 13.8 Å². The SMILES string of the molecule is CCCCCCCCCC[N+](CCC[SiH3])(CCCCCCCCCC)C(OC)(OC)OC.[Cl-]. The van der Waals surface area contributed by atoms with E-state index < -0.39 is 6.10 Å². The highest BCUT2D eigenvalue weighted by Crippen LogP contribution is 2.32. The summed E-state index contributed by atoms with van der Waals surface area (Å²) in [6.07, 6.45) is 21.8.